The number of carbonyl (C=O) groups is 2. The number of hydrogen-bond donors (Lipinski definition) is 2. The Morgan fingerprint density at radius 3 is 2.87 bits per heavy atom. The fourth-order valence-electron chi connectivity index (χ4n) is 1.83. The second-order valence-corrected chi connectivity index (χ2v) is 5.41. The van der Waals surface area contributed by atoms with Crippen LogP contribution >= 0.6 is 15.9 Å². The van der Waals surface area contributed by atoms with Crippen LogP contribution in [0.4, 0.5) is 0 Å². The second kappa shape index (κ2) is 6.61. The first-order valence-corrected chi connectivity index (χ1v) is 7.42. The Morgan fingerprint density at radius 2 is 2.13 bits per heavy atom. The number of amides is 1. The molecule has 0 saturated heterocycles. The number of esters is 1. The Labute approximate surface area is 139 Å². The van der Waals surface area contributed by atoms with Crippen LogP contribution in [0, 0.1) is 0 Å². The van der Waals surface area contributed by atoms with E-state index in [4.69, 9.17) is 9.15 Å². The number of halogens is 1. The van der Waals surface area contributed by atoms with E-state index in [1.54, 1.807) is 0 Å². The van der Waals surface area contributed by atoms with Gasteiger partial charge in [0.25, 0.3) is 5.89 Å². The van der Waals surface area contributed by atoms with Crippen molar-refractivity contribution in [3.8, 4) is 11.5 Å². The Morgan fingerprint density at radius 1 is 1.30 bits per heavy atom. The lowest BCUT2D eigenvalue weighted by atomic mass is 10.2. The zero-order valence-electron chi connectivity index (χ0n) is 11.7. The van der Waals surface area contributed by atoms with Crippen LogP contribution in [0.15, 0.2) is 44.9 Å². The molecule has 2 heterocycles. The second-order valence-electron chi connectivity index (χ2n) is 4.55. The van der Waals surface area contributed by atoms with E-state index in [0.717, 1.165) is 10.0 Å². The summed E-state index contributed by atoms with van der Waals surface area (Å²) in [6, 6.07) is 7.40. The van der Waals surface area contributed by atoms with Crippen LogP contribution in [0.5, 0.6) is 0 Å². The number of benzene rings is 1. The summed E-state index contributed by atoms with van der Waals surface area (Å²) in [6.07, 6.45) is 1.56. The summed E-state index contributed by atoms with van der Waals surface area (Å²) in [6.45, 7) is -0.163. The number of nitrogens with zero attached hydrogens (tertiary/aromatic N) is 2. The maximum absolute atomic E-state index is 11.8. The average molecular weight is 379 g/mol. The molecule has 0 fully saturated rings. The highest BCUT2D eigenvalue weighted by atomic mass is 79.9. The lowest BCUT2D eigenvalue weighted by molar-refractivity contribution is -0.141. The van der Waals surface area contributed by atoms with Gasteiger partial charge in [0, 0.05) is 10.9 Å². The largest absolute Gasteiger partial charge is 0.451 e. The predicted molar refractivity (Wildman–Crippen MR) is 81.2 cm³/mol. The van der Waals surface area contributed by atoms with Gasteiger partial charge in [-0.3, -0.25) is 15.6 Å². The molecule has 23 heavy (non-hydrogen) atoms. The van der Waals surface area contributed by atoms with Crippen LogP contribution in [0.2, 0.25) is 0 Å². The van der Waals surface area contributed by atoms with Gasteiger partial charge in [0.15, 0.2) is 6.61 Å². The zero-order valence-corrected chi connectivity index (χ0v) is 13.3. The van der Waals surface area contributed by atoms with Crippen molar-refractivity contribution in [1.29, 1.82) is 0 Å². The van der Waals surface area contributed by atoms with Crippen LogP contribution in [0.25, 0.3) is 11.5 Å². The molecule has 0 radical (unpaired) electrons. The molecule has 118 valence electrons. The Bertz CT molecular complexity index is 787. The van der Waals surface area contributed by atoms with Crippen molar-refractivity contribution >= 4 is 27.8 Å². The van der Waals surface area contributed by atoms with E-state index in [-0.39, 0.29) is 30.5 Å². The number of nitrogens with one attached hydrogen (secondary N) is 2. The van der Waals surface area contributed by atoms with Crippen LogP contribution in [-0.4, -0.2) is 22.1 Å². The van der Waals surface area contributed by atoms with E-state index in [2.05, 4.69) is 37.0 Å². The molecule has 0 unspecified atom stereocenters. The first kappa shape index (κ1) is 15.2. The van der Waals surface area contributed by atoms with E-state index in [1.165, 1.54) is 6.08 Å². The number of rotatable bonds is 4. The van der Waals surface area contributed by atoms with Gasteiger partial charge in [-0.1, -0.05) is 12.1 Å². The summed E-state index contributed by atoms with van der Waals surface area (Å²) in [5.41, 5.74) is 5.70. The van der Waals surface area contributed by atoms with Crippen molar-refractivity contribution in [3.63, 3.8) is 0 Å². The molecule has 1 amide bonds. The standard InChI is InChI=1S/C14H11BrN4O4/c15-9-4-2-1-3-8(9)13-19-18-12(23-13)7-22-14(21)10-5-6-11(20)17-16-10/h1-5,16H,6-7H2,(H,17,20). The molecule has 8 nitrogen and oxygen atoms in total. The van der Waals surface area contributed by atoms with Crippen LogP contribution in [0.3, 0.4) is 0 Å². The highest BCUT2D eigenvalue weighted by molar-refractivity contribution is 9.10. The van der Waals surface area contributed by atoms with E-state index in [1.807, 2.05) is 24.3 Å². The van der Waals surface area contributed by atoms with Crippen LogP contribution in [0.1, 0.15) is 12.3 Å². The van der Waals surface area contributed by atoms with Crippen LogP contribution in [-0.2, 0) is 20.9 Å². The Hall–Kier alpha value is -2.68. The van der Waals surface area contributed by atoms with Gasteiger partial charge in [-0.25, -0.2) is 4.79 Å². The summed E-state index contributed by atoms with van der Waals surface area (Å²) < 4.78 is 11.3. The van der Waals surface area contributed by atoms with Crippen molar-refractivity contribution in [2.75, 3.05) is 0 Å². The molecule has 0 atom stereocenters. The summed E-state index contributed by atoms with van der Waals surface area (Å²) in [4.78, 5) is 22.8. The number of carbonyl (C=O) groups excluding carboxylic acids is 2. The highest BCUT2D eigenvalue weighted by Gasteiger charge is 2.18. The zero-order chi connectivity index (χ0) is 16.2. The topological polar surface area (TPSA) is 106 Å². The molecule has 0 aliphatic carbocycles. The quantitative estimate of drug-likeness (QED) is 0.775. The third-order valence-electron chi connectivity index (χ3n) is 2.95. The number of hydrazine groups is 1. The molecule has 1 aliphatic rings. The van der Waals surface area contributed by atoms with E-state index in [9.17, 15) is 9.59 Å². The number of ether oxygens (including phenoxy) is 1. The lowest BCUT2D eigenvalue weighted by Gasteiger charge is -2.14. The molecule has 1 aliphatic heterocycles. The lowest BCUT2D eigenvalue weighted by Crippen LogP contribution is -2.42. The third kappa shape index (κ3) is 3.57. The predicted octanol–water partition coefficient (Wildman–Crippen LogP) is 1.45. The fourth-order valence-corrected chi connectivity index (χ4v) is 2.28. The van der Waals surface area contributed by atoms with Crippen molar-refractivity contribution in [2.24, 2.45) is 0 Å². The molecule has 2 aromatic rings. The fraction of sp³-hybridized carbons (Fsp3) is 0.143. The van der Waals surface area contributed by atoms with Gasteiger partial charge in [0.1, 0.15) is 5.70 Å². The molecular formula is C14H11BrN4O4. The summed E-state index contributed by atoms with van der Waals surface area (Å²) in [5, 5.41) is 7.76. The normalized spacial score (nSPS) is 13.8. The van der Waals surface area contributed by atoms with E-state index < -0.39 is 5.97 Å². The van der Waals surface area contributed by atoms with Crippen molar-refractivity contribution < 1.29 is 18.7 Å². The average Bonchev–Trinajstić information content (AvgIpc) is 3.02. The van der Waals surface area contributed by atoms with Gasteiger partial charge in [-0.05, 0) is 34.1 Å². The Balaban J connectivity index is 1.63. The van der Waals surface area contributed by atoms with Crippen molar-refractivity contribution in [3.05, 3.63) is 46.4 Å². The maximum atomic E-state index is 11.8. The van der Waals surface area contributed by atoms with Crippen molar-refractivity contribution in [1.82, 2.24) is 21.0 Å². The minimum absolute atomic E-state index is 0.115. The van der Waals surface area contributed by atoms with Gasteiger partial charge in [0.2, 0.25) is 11.8 Å². The van der Waals surface area contributed by atoms with E-state index >= 15 is 0 Å². The molecule has 0 saturated carbocycles. The molecule has 0 spiro atoms. The van der Waals surface area contributed by atoms with Gasteiger partial charge >= 0.3 is 5.97 Å². The number of aromatic nitrogens is 2. The molecule has 2 N–H and O–H groups in total. The maximum Gasteiger partial charge on any atom is 0.356 e. The third-order valence-corrected chi connectivity index (χ3v) is 3.64. The smallest absolute Gasteiger partial charge is 0.356 e. The summed E-state index contributed by atoms with van der Waals surface area (Å²) >= 11 is 3.40. The molecule has 9 heteroatoms. The molecule has 3 rings (SSSR count). The molecule has 1 aromatic carbocycles. The molecule has 1 aromatic heterocycles. The summed E-state index contributed by atoms with van der Waals surface area (Å²) in [7, 11) is 0. The minimum Gasteiger partial charge on any atom is -0.451 e. The van der Waals surface area contributed by atoms with Gasteiger partial charge in [-0.15, -0.1) is 10.2 Å². The summed E-state index contributed by atoms with van der Waals surface area (Å²) in [5.74, 6) is -0.350. The first-order chi connectivity index (χ1) is 11.1. The van der Waals surface area contributed by atoms with Crippen molar-refractivity contribution in [2.45, 2.75) is 13.0 Å². The van der Waals surface area contributed by atoms with Gasteiger partial charge in [-0.2, -0.15) is 0 Å². The van der Waals surface area contributed by atoms with E-state index in [0.29, 0.717) is 5.89 Å². The molecular weight excluding hydrogens is 368 g/mol. The van der Waals surface area contributed by atoms with Gasteiger partial charge in [0.05, 0.1) is 5.56 Å². The monoisotopic (exact) mass is 378 g/mol. The minimum atomic E-state index is -0.620. The first-order valence-electron chi connectivity index (χ1n) is 6.63. The van der Waals surface area contributed by atoms with Crippen LogP contribution < -0.4 is 10.9 Å². The van der Waals surface area contributed by atoms with Gasteiger partial charge < -0.3 is 9.15 Å². The highest BCUT2D eigenvalue weighted by Crippen LogP contribution is 2.26. The number of hydrogen-bond acceptors (Lipinski definition) is 7. The molecule has 0 bridgehead atoms. The Kier molecular flexibility index (Phi) is 4.38. The SMILES string of the molecule is O=C1CC=C(C(=O)OCc2nnc(-c3ccccc3Br)o2)NN1.